The molecule has 0 heterocycles. The number of benzene rings is 2. The van der Waals surface area contributed by atoms with Crippen LogP contribution in [0.4, 0.5) is 0 Å². The van der Waals surface area contributed by atoms with E-state index in [2.05, 4.69) is 32.0 Å². The van der Waals surface area contributed by atoms with Gasteiger partial charge >= 0.3 is 0 Å². The molecule has 0 aliphatic rings. The second kappa shape index (κ2) is 5.63. The largest absolute Gasteiger partial charge is 0.294 e. The van der Waals surface area contributed by atoms with Crippen molar-refractivity contribution in [3.05, 3.63) is 70.8 Å². The summed E-state index contributed by atoms with van der Waals surface area (Å²) in [6.07, 6.45) is 1.39. The molecule has 0 unspecified atom stereocenters. The number of rotatable bonds is 4. The van der Waals surface area contributed by atoms with Gasteiger partial charge in [-0.2, -0.15) is 0 Å². The fourth-order valence-corrected chi connectivity index (χ4v) is 1.99. The van der Waals surface area contributed by atoms with Crippen LogP contribution in [0.1, 0.15) is 33.5 Å². The molecule has 0 aliphatic heterocycles. The van der Waals surface area contributed by atoms with Crippen molar-refractivity contribution < 1.29 is 4.79 Å². The predicted molar refractivity (Wildman–Crippen MR) is 75.0 cm³/mol. The highest BCUT2D eigenvalue weighted by atomic mass is 16.1. The van der Waals surface area contributed by atoms with E-state index < -0.39 is 0 Å². The third kappa shape index (κ3) is 3.07. The zero-order chi connectivity index (χ0) is 13.0. The minimum Gasteiger partial charge on any atom is -0.294 e. The molecule has 0 saturated heterocycles. The van der Waals surface area contributed by atoms with Gasteiger partial charge in [0, 0.05) is 12.0 Å². The highest BCUT2D eigenvalue weighted by molar-refractivity contribution is 5.96. The van der Waals surface area contributed by atoms with Crippen LogP contribution >= 0.6 is 0 Å². The molecule has 0 aliphatic carbocycles. The topological polar surface area (TPSA) is 17.1 Å². The van der Waals surface area contributed by atoms with Crippen molar-refractivity contribution in [1.29, 1.82) is 0 Å². The van der Waals surface area contributed by atoms with Crippen LogP contribution in [0, 0.1) is 13.8 Å². The maximum atomic E-state index is 12.0. The van der Waals surface area contributed by atoms with Crippen molar-refractivity contribution in [2.24, 2.45) is 0 Å². The molecule has 0 bridgehead atoms. The lowest BCUT2D eigenvalue weighted by Gasteiger charge is -2.05. The summed E-state index contributed by atoms with van der Waals surface area (Å²) in [5, 5.41) is 0. The number of Topliss-reactive ketones (excluding diaryl/α,β-unsaturated/α-hetero) is 1. The van der Waals surface area contributed by atoms with Gasteiger partial charge in [0.25, 0.3) is 0 Å². The lowest BCUT2D eigenvalue weighted by atomic mass is 10.00. The van der Waals surface area contributed by atoms with E-state index >= 15 is 0 Å². The number of hydrogen-bond acceptors (Lipinski definition) is 1. The molecule has 18 heavy (non-hydrogen) atoms. The Bertz CT molecular complexity index is 541. The molecule has 2 aromatic carbocycles. The van der Waals surface area contributed by atoms with E-state index in [0.717, 1.165) is 12.0 Å². The number of hydrogen-bond donors (Lipinski definition) is 0. The van der Waals surface area contributed by atoms with Crippen molar-refractivity contribution in [1.82, 2.24) is 0 Å². The minimum absolute atomic E-state index is 0.217. The molecule has 0 atom stereocenters. The van der Waals surface area contributed by atoms with E-state index in [-0.39, 0.29) is 5.78 Å². The summed E-state index contributed by atoms with van der Waals surface area (Å²) in [6.45, 7) is 4.21. The molecule has 2 rings (SSSR count). The molecule has 0 aromatic heterocycles. The normalized spacial score (nSPS) is 10.3. The standard InChI is InChI=1S/C17H18O/c1-13-8-9-15(12-14(13)2)10-11-17(18)16-6-4-3-5-7-16/h3-9,12H,10-11H2,1-2H3. The third-order valence-corrected chi connectivity index (χ3v) is 3.31. The quantitative estimate of drug-likeness (QED) is 0.732. The van der Waals surface area contributed by atoms with Crippen LogP contribution in [0.3, 0.4) is 0 Å². The first-order valence-corrected chi connectivity index (χ1v) is 6.31. The first-order valence-electron chi connectivity index (χ1n) is 6.31. The van der Waals surface area contributed by atoms with Gasteiger partial charge in [0.2, 0.25) is 0 Å². The Labute approximate surface area is 108 Å². The van der Waals surface area contributed by atoms with Gasteiger partial charge in [-0.05, 0) is 37.0 Å². The van der Waals surface area contributed by atoms with E-state index in [4.69, 9.17) is 0 Å². The zero-order valence-corrected chi connectivity index (χ0v) is 10.9. The van der Waals surface area contributed by atoms with Crippen molar-refractivity contribution in [3.8, 4) is 0 Å². The molecule has 0 saturated carbocycles. The molecule has 0 N–H and O–H groups in total. The summed E-state index contributed by atoms with van der Waals surface area (Å²) in [5.74, 6) is 0.217. The zero-order valence-electron chi connectivity index (χ0n) is 10.9. The van der Waals surface area contributed by atoms with Gasteiger partial charge in [-0.1, -0.05) is 48.5 Å². The monoisotopic (exact) mass is 238 g/mol. The van der Waals surface area contributed by atoms with Crippen LogP contribution in [-0.4, -0.2) is 5.78 Å². The van der Waals surface area contributed by atoms with Crippen LogP contribution < -0.4 is 0 Å². The van der Waals surface area contributed by atoms with Crippen LogP contribution in [0.2, 0.25) is 0 Å². The Balaban J connectivity index is 1.99. The van der Waals surface area contributed by atoms with Gasteiger partial charge in [0.1, 0.15) is 0 Å². The Morgan fingerprint density at radius 3 is 2.33 bits per heavy atom. The summed E-state index contributed by atoms with van der Waals surface area (Å²) in [5.41, 5.74) is 4.64. The molecule has 1 nitrogen and oxygen atoms in total. The molecule has 0 spiro atoms. The number of ketones is 1. The fraction of sp³-hybridized carbons (Fsp3) is 0.235. The van der Waals surface area contributed by atoms with Gasteiger partial charge in [-0.15, -0.1) is 0 Å². The highest BCUT2D eigenvalue weighted by Gasteiger charge is 2.05. The Kier molecular flexibility index (Phi) is 3.93. The van der Waals surface area contributed by atoms with Gasteiger partial charge in [0.05, 0.1) is 0 Å². The lowest BCUT2D eigenvalue weighted by molar-refractivity contribution is 0.0983. The molecule has 92 valence electrons. The average molecular weight is 238 g/mol. The van der Waals surface area contributed by atoms with Crippen LogP contribution in [0.25, 0.3) is 0 Å². The number of carbonyl (C=O) groups excluding carboxylic acids is 1. The second-order valence-corrected chi connectivity index (χ2v) is 4.71. The highest BCUT2D eigenvalue weighted by Crippen LogP contribution is 2.13. The Hall–Kier alpha value is -1.89. The molecular weight excluding hydrogens is 220 g/mol. The van der Waals surface area contributed by atoms with Crippen LogP contribution in [-0.2, 0) is 6.42 Å². The molecule has 2 aromatic rings. The minimum atomic E-state index is 0.217. The Morgan fingerprint density at radius 1 is 0.944 bits per heavy atom. The molecule has 0 radical (unpaired) electrons. The predicted octanol–water partition coefficient (Wildman–Crippen LogP) is 4.12. The molecule has 1 heteroatoms. The van der Waals surface area contributed by atoms with Crippen molar-refractivity contribution >= 4 is 5.78 Å². The SMILES string of the molecule is Cc1ccc(CCC(=O)c2ccccc2)cc1C. The summed E-state index contributed by atoms with van der Waals surface area (Å²) in [6, 6.07) is 15.9. The molecule has 0 amide bonds. The maximum Gasteiger partial charge on any atom is 0.163 e. The van der Waals surface area contributed by atoms with E-state index in [1.165, 1.54) is 16.7 Å². The summed E-state index contributed by atoms with van der Waals surface area (Å²) in [7, 11) is 0. The molecule has 0 fully saturated rings. The smallest absolute Gasteiger partial charge is 0.163 e. The summed E-state index contributed by atoms with van der Waals surface area (Å²) < 4.78 is 0. The van der Waals surface area contributed by atoms with Gasteiger partial charge < -0.3 is 0 Å². The third-order valence-electron chi connectivity index (χ3n) is 3.31. The lowest BCUT2D eigenvalue weighted by Crippen LogP contribution is -2.01. The van der Waals surface area contributed by atoms with Crippen molar-refractivity contribution in [3.63, 3.8) is 0 Å². The van der Waals surface area contributed by atoms with E-state index in [0.29, 0.717) is 6.42 Å². The van der Waals surface area contributed by atoms with Crippen LogP contribution in [0.5, 0.6) is 0 Å². The van der Waals surface area contributed by atoms with Crippen molar-refractivity contribution in [2.75, 3.05) is 0 Å². The van der Waals surface area contributed by atoms with Crippen LogP contribution in [0.15, 0.2) is 48.5 Å². The van der Waals surface area contributed by atoms with Crippen molar-refractivity contribution in [2.45, 2.75) is 26.7 Å². The first-order chi connectivity index (χ1) is 8.66. The van der Waals surface area contributed by atoms with E-state index in [9.17, 15) is 4.79 Å². The second-order valence-electron chi connectivity index (χ2n) is 4.71. The fourth-order valence-electron chi connectivity index (χ4n) is 1.99. The molecular formula is C17H18O. The van der Waals surface area contributed by atoms with E-state index in [1.54, 1.807) is 0 Å². The average Bonchev–Trinajstić information content (AvgIpc) is 2.41. The maximum absolute atomic E-state index is 12.0. The van der Waals surface area contributed by atoms with E-state index in [1.807, 2.05) is 30.3 Å². The first kappa shape index (κ1) is 12.6. The number of carbonyl (C=O) groups is 1. The summed E-state index contributed by atoms with van der Waals surface area (Å²) >= 11 is 0. The number of aryl methyl sites for hydroxylation is 3. The Morgan fingerprint density at radius 2 is 1.67 bits per heavy atom. The van der Waals surface area contributed by atoms with Gasteiger partial charge in [-0.25, -0.2) is 0 Å². The van der Waals surface area contributed by atoms with Gasteiger partial charge in [0.15, 0.2) is 5.78 Å². The summed E-state index contributed by atoms with van der Waals surface area (Å²) in [4.78, 5) is 12.0. The van der Waals surface area contributed by atoms with Gasteiger partial charge in [-0.3, -0.25) is 4.79 Å².